The number of H-pyrrole nitrogens is 1. The van der Waals surface area contributed by atoms with E-state index in [1.165, 1.54) is 24.1 Å². The Hall–Kier alpha value is -2.89. The molecule has 6 heteroatoms. The second kappa shape index (κ2) is 5.72. The summed E-state index contributed by atoms with van der Waals surface area (Å²) in [4.78, 5) is 28.2. The maximum absolute atomic E-state index is 12.9. The van der Waals surface area contributed by atoms with Crippen LogP contribution in [0.3, 0.4) is 0 Å². The van der Waals surface area contributed by atoms with E-state index >= 15 is 0 Å². The minimum Gasteiger partial charge on any atom is -0.503 e. The first kappa shape index (κ1) is 15.0. The molecular formula is C17H15FN2O3. The first-order valence-corrected chi connectivity index (χ1v) is 7.10. The maximum atomic E-state index is 12.9. The molecule has 23 heavy (non-hydrogen) atoms. The van der Waals surface area contributed by atoms with Crippen LogP contribution < -0.4 is 0 Å². The van der Waals surface area contributed by atoms with Crippen molar-refractivity contribution < 1.29 is 19.1 Å². The van der Waals surface area contributed by atoms with Gasteiger partial charge in [0.25, 0.3) is 5.91 Å². The molecule has 1 aromatic heterocycles. The number of carbonyl (C=O) groups is 2. The number of likely N-dealkylation sites (N-methyl/N-ethyl adjacent to an activating group) is 1. The molecule has 1 aliphatic rings. The summed E-state index contributed by atoms with van der Waals surface area (Å²) in [5.41, 5.74) is 2.10. The third-order valence-corrected chi connectivity index (χ3v) is 3.80. The van der Waals surface area contributed by atoms with Crippen molar-refractivity contribution in [1.29, 1.82) is 0 Å². The SMILES string of the molecule is CN1CC(C(=O)c2ccc(Cc3ccc(F)cc3)[nH]2)=C(O)C1=O. The average molecular weight is 314 g/mol. The van der Waals surface area contributed by atoms with Crippen LogP contribution >= 0.6 is 0 Å². The number of benzene rings is 1. The van der Waals surface area contributed by atoms with Crippen molar-refractivity contribution in [3.05, 3.63) is 70.5 Å². The summed E-state index contributed by atoms with van der Waals surface area (Å²) in [6, 6.07) is 9.49. The van der Waals surface area contributed by atoms with Gasteiger partial charge in [-0.3, -0.25) is 9.59 Å². The van der Waals surface area contributed by atoms with E-state index in [0.717, 1.165) is 11.3 Å². The molecule has 118 valence electrons. The fourth-order valence-corrected chi connectivity index (χ4v) is 2.53. The summed E-state index contributed by atoms with van der Waals surface area (Å²) in [5.74, 6) is -1.74. The lowest BCUT2D eigenvalue weighted by Crippen LogP contribution is -2.22. The van der Waals surface area contributed by atoms with E-state index in [0.29, 0.717) is 12.1 Å². The van der Waals surface area contributed by atoms with E-state index in [9.17, 15) is 19.1 Å². The highest BCUT2D eigenvalue weighted by Gasteiger charge is 2.32. The predicted octanol–water partition coefficient (Wildman–Crippen LogP) is 2.21. The number of aromatic nitrogens is 1. The van der Waals surface area contributed by atoms with Crippen molar-refractivity contribution in [3.63, 3.8) is 0 Å². The van der Waals surface area contributed by atoms with E-state index in [-0.39, 0.29) is 17.9 Å². The topological polar surface area (TPSA) is 73.4 Å². The highest BCUT2D eigenvalue weighted by Crippen LogP contribution is 2.20. The molecule has 0 spiro atoms. The third-order valence-electron chi connectivity index (χ3n) is 3.80. The van der Waals surface area contributed by atoms with Crippen molar-refractivity contribution in [2.45, 2.75) is 6.42 Å². The van der Waals surface area contributed by atoms with E-state index in [1.807, 2.05) is 0 Å². The molecule has 2 aromatic rings. The van der Waals surface area contributed by atoms with Crippen LogP contribution in [0.25, 0.3) is 0 Å². The first-order valence-electron chi connectivity index (χ1n) is 7.10. The molecule has 0 bridgehead atoms. The molecule has 0 unspecified atom stereocenters. The fourth-order valence-electron chi connectivity index (χ4n) is 2.53. The van der Waals surface area contributed by atoms with Crippen LogP contribution in [-0.2, 0) is 11.2 Å². The van der Waals surface area contributed by atoms with E-state index in [4.69, 9.17) is 0 Å². The van der Waals surface area contributed by atoms with Crippen LogP contribution in [0.4, 0.5) is 4.39 Å². The third kappa shape index (κ3) is 2.88. The number of aliphatic hydroxyl groups excluding tert-OH is 1. The number of carbonyl (C=O) groups excluding carboxylic acids is 2. The van der Waals surface area contributed by atoms with Crippen LogP contribution in [0.2, 0.25) is 0 Å². The number of halogens is 1. The zero-order valence-corrected chi connectivity index (χ0v) is 12.5. The number of nitrogens with zero attached hydrogens (tertiary/aromatic N) is 1. The molecule has 0 aliphatic carbocycles. The molecule has 1 amide bonds. The second-order valence-corrected chi connectivity index (χ2v) is 5.52. The molecule has 0 radical (unpaired) electrons. The van der Waals surface area contributed by atoms with Crippen molar-refractivity contribution >= 4 is 11.7 Å². The molecule has 0 saturated carbocycles. The largest absolute Gasteiger partial charge is 0.503 e. The number of hydrogen-bond acceptors (Lipinski definition) is 3. The molecule has 1 aliphatic heterocycles. The van der Waals surface area contributed by atoms with Gasteiger partial charge in [0.15, 0.2) is 5.76 Å². The summed E-state index contributed by atoms with van der Waals surface area (Å²) in [7, 11) is 1.52. The van der Waals surface area contributed by atoms with Crippen molar-refractivity contribution in [1.82, 2.24) is 9.88 Å². The molecular weight excluding hydrogens is 299 g/mol. The number of rotatable bonds is 4. The molecule has 5 nitrogen and oxygen atoms in total. The lowest BCUT2D eigenvalue weighted by atomic mass is 10.1. The van der Waals surface area contributed by atoms with E-state index < -0.39 is 17.4 Å². The van der Waals surface area contributed by atoms with Crippen molar-refractivity contribution in [2.75, 3.05) is 13.6 Å². The van der Waals surface area contributed by atoms with Crippen molar-refractivity contribution in [3.8, 4) is 0 Å². The standard InChI is InChI=1S/C17H15FN2O3/c1-20-9-13(16(22)17(20)23)15(21)14-7-6-12(19-14)8-10-2-4-11(18)5-3-10/h2-7,19,22H,8-9H2,1H3. The lowest BCUT2D eigenvalue weighted by molar-refractivity contribution is -0.126. The molecule has 3 rings (SSSR count). The molecule has 0 saturated heterocycles. The van der Waals surface area contributed by atoms with Gasteiger partial charge in [-0.05, 0) is 29.8 Å². The molecule has 0 atom stereocenters. The van der Waals surface area contributed by atoms with Gasteiger partial charge in [0.05, 0.1) is 17.8 Å². The summed E-state index contributed by atoms with van der Waals surface area (Å²) in [6.45, 7) is 0.0931. The fraction of sp³-hybridized carbons (Fsp3) is 0.176. The van der Waals surface area contributed by atoms with Gasteiger partial charge in [0.2, 0.25) is 5.78 Å². The molecule has 0 fully saturated rings. The van der Waals surface area contributed by atoms with E-state index in [2.05, 4.69) is 4.98 Å². The van der Waals surface area contributed by atoms with Crippen LogP contribution in [0, 0.1) is 5.82 Å². The lowest BCUT2D eigenvalue weighted by Gasteiger charge is -2.06. The van der Waals surface area contributed by atoms with Crippen molar-refractivity contribution in [2.24, 2.45) is 0 Å². The Morgan fingerprint density at radius 2 is 1.96 bits per heavy atom. The normalized spacial score (nSPS) is 14.7. The van der Waals surface area contributed by atoms with E-state index in [1.54, 1.807) is 24.3 Å². The zero-order chi connectivity index (χ0) is 16.6. The summed E-state index contributed by atoms with van der Waals surface area (Å²) in [6.07, 6.45) is 0.525. The van der Waals surface area contributed by atoms with Gasteiger partial charge in [-0.1, -0.05) is 12.1 Å². The number of nitrogens with one attached hydrogen (secondary N) is 1. The van der Waals surface area contributed by atoms with Gasteiger partial charge in [-0.25, -0.2) is 4.39 Å². The van der Waals surface area contributed by atoms with Gasteiger partial charge in [-0.15, -0.1) is 0 Å². The zero-order valence-electron chi connectivity index (χ0n) is 12.5. The Kier molecular flexibility index (Phi) is 3.73. The predicted molar refractivity (Wildman–Crippen MR) is 81.6 cm³/mol. The number of aromatic amines is 1. The van der Waals surface area contributed by atoms with Crippen LogP contribution in [0.15, 0.2) is 47.7 Å². The number of ketones is 1. The van der Waals surface area contributed by atoms with Crippen LogP contribution in [0.1, 0.15) is 21.7 Å². The quantitative estimate of drug-likeness (QED) is 0.850. The number of aliphatic hydroxyl groups is 1. The minimum absolute atomic E-state index is 0.0904. The van der Waals surface area contributed by atoms with Gasteiger partial charge >= 0.3 is 0 Å². The number of Topliss-reactive ketones (excluding diaryl/α,β-unsaturated/α-hetero) is 1. The molecule has 2 N–H and O–H groups in total. The molecule has 2 heterocycles. The Bertz CT molecular complexity index is 806. The monoisotopic (exact) mass is 314 g/mol. The Balaban J connectivity index is 1.78. The summed E-state index contributed by atoms with van der Waals surface area (Å²) in [5, 5.41) is 9.75. The van der Waals surface area contributed by atoms with Gasteiger partial charge < -0.3 is 15.0 Å². The second-order valence-electron chi connectivity index (χ2n) is 5.52. The smallest absolute Gasteiger partial charge is 0.289 e. The maximum Gasteiger partial charge on any atom is 0.289 e. The number of hydrogen-bond donors (Lipinski definition) is 2. The number of amides is 1. The van der Waals surface area contributed by atoms with Gasteiger partial charge in [-0.2, -0.15) is 0 Å². The Morgan fingerprint density at radius 1 is 1.26 bits per heavy atom. The average Bonchev–Trinajstić information content (AvgIpc) is 3.10. The Morgan fingerprint density at radius 3 is 2.57 bits per heavy atom. The van der Waals surface area contributed by atoms with Gasteiger partial charge in [0, 0.05) is 19.2 Å². The first-order chi connectivity index (χ1) is 11.0. The molecule has 1 aromatic carbocycles. The summed E-state index contributed by atoms with van der Waals surface area (Å²) >= 11 is 0. The van der Waals surface area contributed by atoms with Crippen LogP contribution in [-0.4, -0.2) is 40.3 Å². The highest BCUT2D eigenvalue weighted by molar-refractivity contribution is 6.14. The van der Waals surface area contributed by atoms with Gasteiger partial charge in [0.1, 0.15) is 5.82 Å². The summed E-state index contributed by atoms with van der Waals surface area (Å²) < 4.78 is 12.9. The minimum atomic E-state index is -0.550. The Labute approximate surface area is 132 Å². The van der Waals surface area contributed by atoms with Crippen LogP contribution in [0.5, 0.6) is 0 Å². The highest BCUT2D eigenvalue weighted by atomic mass is 19.1.